The van der Waals surface area contributed by atoms with Crippen LogP contribution in [0.25, 0.3) is 0 Å². The summed E-state index contributed by atoms with van der Waals surface area (Å²) in [6.07, 6.45) is 0.796. The lowest BCUT2D eigenvalue weighted by Crippen LogP contribution is -2.61. The zero-order valence-corrected chi connectivity index (χ0v) is 10.6. The highest BCUT2D eigenvalue weighted by molar-refractivity contribution is 6.35. The van der Waals surface area contributed by atoms with E-state index in [1.54, 1.807) is 9.80 Å². The van der Waals surface area contributed by atoms with Crippen LogP contribution in [0.15, 0.2) is 30.3 Å². The number of hydrogen-bond acceptors (Lipinski definition) is 3. The van der Waals surface area contributed by atoms with Crippen molar-refractivity contribution >= 4 is 11.8 Å². The molecule has 0 saturated carbocycles. The fourth-order valence-electron chi connectivity index (χ4n) is 2.59. The number of carbonyl (C=O) groups is 2. The van der Waals surface area contributed by atoms with Gasteiger partial charge in [-0.2, -0.15) is 0 Å². The summed E-state index contributed by atoms with van der Waals surface area (Å²) in [5, 5.41) is 0. The molecular weight excluding hydrogens is 244 g/mol. The molecule has 2 saturated heterocycles. The number of ether oxygens (including phenoxy) is 1. The average molecular weight is 260 g/mol. The minimum Gasteiger partial charge on any atom is -0.361 e. The maximum atomic E-state index is 12.1. The molecule has 1 unspecified atom stereocenters. The molecule has 2 fully saturated rings. The van der Waals surface area contributed by atoms with Crippen LogP contribution in [0.1, 0.15) is 12.0 Å². The third kappa shape index (κ3) is 2.33. The molecule has 19 heavy (non-hydrogen) atoms. The average Bonchev–Trinajstić information content (AvgIpc) is 2.46. The second-order valence-electron chi connectivity index (χ2n) is 4.93. The van der Waals surface area contributed by atoms with Gasteiger partial charge in [0.25, 0.3) is 0 Å². The van der Waals surface area contributed by atoms with Gasteiger partial charge in [-0.05, 0) is 12.0 Å². The van der Waals surface area contributed by atoms with Crippen molar-refractivity contribution in [3.63, 3.8) is 0 Å². The number of hydrogen-bond donors (Lipinski definition) is 0. The van der Waals surface area contributed by atoms with Gasteiger partial charge in [-0.3, -0.25) is 9.59 Å². The lowest BCUT2D eigenvalue weighted by atomic mass is 10.1. The third-order valence-corrected chi connectivity index (χ3v) is 3.64. The Bertz CT molecular complexity index is 489. The van der Waals surface area contributed by atoms with Crippen LogP contribution in [0.4, 0.5) is 0 Å². The van der Waals surface area contributed by atoms with E-state index in [4.69, 9.17) is 4.74 Å². The molecule has 3 rings (SSSR count). The SMILES string of the molecule is O=C1C(=O)N2COCCC2CN1Cc1ccccc1. The monoisotopic (exact) mass is 260 g/mol. The standard InChI is InChI=1S/C14H16N2O3/c17-13-14(18)16-10-19-7-6-12(16)9-15(13)8-11-4-2-1-3-5-11/h1-5,12H,6-10H2. The topological polar surface area (TPSA) is 49.9 Å². The van der Waals surface area contributed by atoms with E-state index in [9.17, 15) is 9.59 Å². The molecule has 5 heteroatoms. The largest absolute Gasteiger partial charge is 0.361 e. The van der Waals surface area contributed by atoms with Crippen LogP contribution in [0.2, 0.25) is 0 Å². The lowest BCUT2D eigenvalue weighted by molar-refractivity contribution is -0.170. The second kappa shape index (κ2) is 5.01. The number of piperazine rings is 1. The van der Waals surface area contributed by atoms with Crippen LogP contribution in [-0.2, 0) is 20.9 Å². The van der Waals surface area contributed by atoms with Gasteiger partial charge in [0.15, 0.2) is 0 Å². The third-order valence-electron chi connectivity index (χ3n) is 3.64. The summed E-state index contributed by atoms with van der Waals surface area (Å²) in [4.78, 5) is 27.3. The molecule has 5 nitrogen and oxygen atoms in total. The minimum atomic E-state index is -0.438. The summed E-state index contributed by atoms with van der Waals surface area (Å²) in [6, 6.07) is 9.84. The normalized spacial score (nSPS) is 23.5. The molecule has 0 aromatic heterocycles. The zero-order chi connectivity index (χ0) is 13.2. The Kier molecular flexibility index (Phi) is 3.21. The lowest BCUT2D eigenvalue weighted by Gasteiger charge is -2.42. The molecule has 1 aromatic rings. The Morgan fingerprint density at radius 1 is 1.16 bits per heavy atom. The molecule has 0 N–H and O–H groups in total. The highest BCUT2D eigenvalue weighted by Crippen LogP contribution is 2.20. The van der Waals surface area contributed by atoms with Gasteiger partial charge in [0, 0.05) is 13.1 Å². The molecule has 0 bridgehead atoms. The summed E-state index contributed by atoms with van der Waals surface area (Å²) in [5.41, 5.74) is 1.05. The smallest absolute Gasteiger partial charge is 0.314 e. The van der Waals surface area contributed by atoms with Crippen LogP contribution >= 0.6 is 0 Å². The summed E-state index contributed by atoms with van der Waals surface area (Å²) < 4.78 is 5.25. The van der Waals surface area contributed by atoms with Crippen molar-refractivity contribution in [2.75, 3.05) is 19.9 Å². The number of fused-ring (bicyclic) bond motifs is 1. The Labute approximate surface area is 111 Å². The van der Waals surface area contributed by atoms with Crippen molar-refractivity contribution in [3.05, 3.63) is 35.9 Å². The van der Waals surface area contributed by atoms with Crippen molar-refractivity contribution in [2.24, 2.45) is 0 Å². The second-order valence-corrected chi connectivity index (χ2v) is 4.93. The van der Waals surface area contributed by atoms with E-state index in [0.29, 0.717) is 19.7 Å². The predicted octanol–water partition coefficient (Wildman–Crippen LogP) is 0.604. The first-order valence-electron chi connectivity index (χ1n) is 6.47. The van der Waals surface area contributed by atoms with Gasteiger partial charge in [-0.15, -0.1) is 0 Å². The molecule has 2 aliphatic heterocycles. The van der Waals surface area contributed by atoms with Crippen molar-refractivity contribution in [3.8, 4) is 0 Å². The van der Waals surface area contributed by atoms with E-state index >= 15 is 0 Å². The highest BCUT2D eigenvalue weighted by Gasteiger charge is 2.40. The molecule has 2 amide bonds. The fourth-order valence-corrected chi connectivity index (χ4v) is 2.59. The van der Waals surface area contributed by atoms with Gasteiger partial charge in [0.1, 0.15) is 6.73 Å². The van der Waals surface area contributed by atoms with Crippen LogP contribution in [0.5, 0.6) is 0 Å². The van der Waals surface area contributed by atoms with Crippen molar-refractivity contribution in [1.29, 1.82) is 0 Å². The van der Waals surface area contributed by atoms with E-state index in [1.165, 1.54) is 0 Å². The molecular formula is C14H16N2O3. The van der Waals surface area contributed by atoms with E-state index in [-0.39, 0.29) is 12.8 Å². The summed E-state index contributed by atoms with van der Waals surface area (Å²) >= 11 is 0. The maximum absolute atomic E-state index is 12.1. The number of carbonyl (C=O) groups excluding carboxylic acids is 2. The summed E-state index contributed by atoms with van der Waals surface area (Å²) in [5.74, 6) is -0.863. The molecule has 0 radical (unpaired) electrons. The molecule has 0 spiro atoms. The number of rotatable bonds is 2. The van der Waals surface area contributed by atoms with E-state index in [0.717, 1.165) is 12.0 Å². The minimum absolute atomic E-state index is 0.0997. The number of benzene rings is 1. The Hall–Kier alpha value is -1.88. The van der Waals surface area contributed by atoms with E-state index in [1.807, 2.05) is 30.3 Å². The first-order valence-corrected chi connectivity index (χ1v) is 6.47. The zero-order valence-electron chi connectivity index (χ0n) is 10.6. The van der Waals surface area contributed by atoms with Crippen molar-refractivity contribution in [1.82, 2.24) is 9.80 Å². The van der Waals surface area contributed by atoms with E-state index < -0.39 is 11.8 Å². The quantitative estimate of drug-likeness (QED) is 0.732. The molecule has 2 aliphatic rings. The summed E-state index contributed by atoms with van der Waals surface area (Å²) in [7, 11) is 0. The molecule has 1 aromatic carbocycles. The van der Waals surface area contributed by atoms with E-state index in [2.05, 4.69) is 0 Å². The van der Waals surface area contributed by atoms with Crippen LogP contribution in [0.3, 0.4) is 0 Å². The van der Waals surface area contributed by atoms with Gasteiger partial charge in [0.05, 0.1) is 12.6 Å². The molecule has 2 heterocycles. The number of amides is 2. The first-order chi connectivity index (χ1) is 9.25. The molecule has 0 aliphatic carbocycles. The maximum Gasteiger partial charge on any atom is 0.314 e. The fraction of sp³-hybridized carbons (Fsp3) is 0.429. The van der Waals surface area contributed by atoms with Crippen molar-refractivity contribution in [2.45, 2.75) is 19.0 Å². The van der Waals surface area contributed by atoms with Gasteiger partial charge < -0.3 is 14.5 Å². The van der Waals surface area contributed by atoms with Gasteiger partial charge >= 0.3 is 11.8 Å². The molecule has 1 atom stereocenters. The first kappa shape index (κ1) is 12.2. The Morgan fingerprint density at radius 2 is 1.95 bits per heavy atom. The van der Waals surface area contributed by atoms with Crippen LogP contribution in [-0.4, -0.2) is 47.5 Å². The van der Waals surface area contributed by atoms with Crippen LogP contribution in [0, 0.1) is 0 Å². The Balaban J connectivity index is 1.75. The number of nitrogens with zero attached hydrogens (tertiary/aromatic N) is 2. The van der Waals surface area contributed by atoms with Gasteiger partial charge in [-0.25, -0.2) is 0 Å². The summed E-state index contributed by atoms with van der Waals surface area (Å²) in [6.45, 7) is 2.00. The molecule has 100 valence electrons. The predicted molar refractivity (Wildman–Crippen MR) is 67.9 cm³/mol. The Morgan fingerprint density at radius 3 is 2.74 bits per heavy atom. The van der Waals surface area contributed by atoms with Crippen LogP contribution < -0.4 is 0 Å². The van der Waals surface area contributed by atoms with Gasteiger partial charge in [0.2, 0.25) is 0 Å². The highest BCUT2D eigenvalue weighted by atomic mass is 16.5. The van der Waals surface area contributed by atoms with Crippen molar-refractivity contribution < 1.29 is 14.3 Å². The van der Waals surface area contributed by atoms with Gasteiger partial charge in [-0.1, -0.05) is 30.3 Å².